The molecule has 1 amide bonds. The topological polar surface area (TPSA) is 63.2 Å². The highest BCUT2D eigenvalue weighted by atomic mass is 32.1. The van der Waals surface area contributed by atoms with Crippen molar-refractivity contribution in [3.63, 3.8) is 0 Å². The van der Waals surface area contributed by atoms with E-state index in [2.05, 4.69) is 15.6 Å². The van der Waals surface area contributed by atoms with Gasteiger partial charge in [-0.25, -0.2) is 0 Å². The number of aryl methyl sites for hydroxylation is 2. The van der Waals surface area contributed by atoms with Crippen LogP contribution < -0.4 is 15.4 Å². The van der Waals surface area contributed by atoms with E-state index in [4.69, 9.17) is 17.0 Å². The molecule has 5 nitrogen and oxygen atoms in total. The SMILES string of the molecule is COc1cccc(C(=O)NC(=S)Nc2c(C)ccc3nc(C)ccc23)c1. The molecule has 0 aliphatic carbocycles. The van der Waals surface area contributed by atoms with Crippen LogP contribution in [0.1, 0.15) is 21.6 Å². The molecule has 0 spiro atoms. The number of fused-ring (bicyclic) bond motifs is 1. The monoisotopic (exact) mass is 365 g/mol. The number of methoxy groups -OCH3 is 1. The van der Waals surface area contributed by atoms with Crippen molar-refractivity contribution in [1.82, 2.24) is 10.3 Å². The van der Waals surface area contributed by atoms with E-state index in [1.165, 1.54) is 0 Å². The standard InChI is InChI=1S/C20H19N3O2S/c1-12-7-10-17-16(9-8-13(2)21-17)18(12)22-20(26)23-19(24)14-5-4-6-15(11-14)25-3/h4-11H,1-3H3,(H2,22,23,24,26). The number of benzene rings is 2. The van der Waals surface area contributed by atoms with Gasteiger partial charge in [0.25, 0.3) is 5.91 Å². The van der Waals surface area contributed by atoms with Crippen LogP contribution in [-0.4, -0.2) is 23.1 Å². The lowest BCUT2D eigenvalue weighted by Crippen LogP contribution is -2.34. The predicted molar refractivity (Wildman–Crippen MR) is 108 cm³/mol. The van der Waals surface area contributed by atoms with E-state index in [0.717, 1.165) is 27.8 Å². The molecule has 2 N–H and O–H groups in total. The van der Waals surface area contributed by atoms with Gasteiger partial charge in [-0.3, -0.25) is 15.1 Å². The molecule has 0 unspecified atom stereocenters. The Morgan fingerprint density at radius 3 is 2.69 bits per heavy atom. The van der Waals surface area contributed by atoms with Crippen LogP contribution in [0.4, 0.5) is 5.69 Å². The van der Waals surface area contributed by atoms with Gasteiger partial charge in [0.15, 0.2) is 5.11 Å². The molecule has 0 saturated heterocycles. The van der Waals surface area contributed by atoms with Gasteiger partial charge in [0.2, 0.25) is 0 Å². The number of thiocarbonyl (C=S) groups is 1. The van der Waals surface area contributed by atoms with Crippen LogP contribution in [0.3, 0.4) is 0 Å². The third kappa shape index (κ3) is 3.81. The number of pyridine rings is 1. The lowest BCUT2D eigenvalue weighted by atomic mass is 10.1. The number of hydrogen-bond donors (Lipinski definition) is 2. The van der Waals surface area contributed by atoms with Gasteiger partial charge in [0.1, 0.15) is 5.75 Å². The normalized spacial score (nSPS) is 10.4. The summed E-state index contributed by atoms with van der Waals surface area (Å²) in [7, 11) is 1.56. The Bertz CT molecular complexity index is 1000. The van der Waals surface area contributed by atoms with Gasteiger partial charge in [0, 0.05) is 16.6 Å². The number of carbonyl (C=O) groups is 1. The number of carbonyl (C=O) groups excluding carboxylic acids is 1. The first-order valence-corrected chi connectivity index (χ1v) is 8.52. The van der Waals surface area contributed by atoms with Crippen molar-refractivity contribution in [2.24, 2.45) is 0 Å². The largest absolute Gasteiger partial charge is 0.497 e. The summed E-state index contributed by atoms with van der Waals surface area (Å²) >= 11 is 5.33. The molecule has 0 radical (unpaired) electrons. The molecular weight excluding hydrogens is 346 g/mol. The van der Waals surface area contributed by atoms with Crippen molar-refractivity contribution >= 4 is 39.8 Å². The summed E-state index contributed by atoms with van der Waals surface area (Å²) < 4.78 is 5.14. The Hall–Kier alpha value is -2.99. The molecule has 0 saturated carbocycles. The molecule has 1 heterocycles. The number of amides is 1. The van der Waals surface area contributed by atoms with Crippen LogP contribution >= 0.6 is 12.2 Å². The van der Waals surface area contributed by atoms with E-state index in [-0.39, 0.29) is 11.0 Å². The molecule has 1 aromatic heterocycles. The highest BCUT2D eigenvalue weighted by Gasteiger charge is 2.12. The van der Waals surface area contributed by atoms with Gasteiger partial charge in [-0.05, 0) is 68.0 Å². The maximum Gasteiger partial charge on any atom is 0.257 e. The fraction of sp³-hybridized carbons (Fsp3) is 0.150. The molecule has 0 aliphatic rings. The zero-order valence-electron chi connectivity index (χ0n) is 14.8. The molecular formula is C20H19N3O2S. The van der Waals surface area contributed by atoms with Crippen LogP contribution in [0.5, 0.6) is 5.75 Å². The first-order chi connectivity index (χ1) is 12.5. The summed E-state index contributed by atoms with van der Waals surface area (Å²) in [5.74, 6) is 0.316. The van der Waals surface area contributed by atoms with Crippen molar-refractivity contribution in [2.75, 3.05) is 12.4 Å². The number of nitrogens with one attached hydrogen (secondary N) is 2. The zero-order valence-corrected chi connectivity index (χ0v) is 15.6. The van der Waals surface area contributed by atoms with E-state index in [1.54, 1.807) is 31.4 Å². The second kappa shape index (κ2) is 7.49. The van der Waals surface area contributed by atoms with Gasteiger partial charge < -0.3 is 10.1 Å². The van der Waals surface area contributed by atoms with Gasteiger partial charge in [-0.15, -0.1) is 0 Å². The van der Waals surface area contributed by atoms with Crippen molar-refractivity contribution < 1.29 is 9.53 Å². The number of anilines is 1. The van der Waals surface area contributed by atoms with Crippen molar-refractivity contribution in [2.45, 2.75) is 13.8 Å². The number of rotatable bonds is 3. The zero-order chi connectivity index (χ0) is 18.7. The second-order valence-electron chi connectivity index (χ2n) is 5.92. The number of ether oxygens (including phenoxy) is 1. The van der Waals surface area contributed by atoms with E-state index in [9.17, 15) is 4.79 Å². The Morgan fingerprint density at radius 1 is 1.12 bits per heavy atom. The lowest BCUT2D eigenvalue weighted by Gasteiger charge is -2.14. The third-order valence-electron chi connectivity index (χ3n) is 4.02. The van der Waals surface area contributed by atoms with E-state index >= 15 is 0 Å². The van der Waals surface area contributed by atoms with Crippen LogP contribution in [0.15, 0.2) is 48.5 Å². The van der Waals surface area contributed by atoms with Gasteiger partial charge >= 0.3 is 0 Å². The first kappa shape index (κ1) is 17.8. The summed E-state index contributed by atoms with van der Waals surface area (Å²) in [6, 6.07) is 14.8. The highest BCUT2D eigenvalue weighted by molar-refractivity contribution is 7.80. The van der Waals surface area contributed by atoms with Gasteiger partial charge in [-0.2, -0.15) is 0 Å². The fourth-order valence-electron chi connectivity index (χ4n) is 2.67. The molecule has 26 heavy (non-hydrogen) atoms. The molecule has 6 heteroatoms. The molecule has 2 aromatic carbocycles. The van der Waals surface area contributed by atoms with E-state index < -0.39 is 0 Å². The minimum atomic E-state index is -0.298. The summed E-state index contributed by atoms with van der Waals surface area (Å²) in [5, 5.41) is 7.02. The third-order valence-corrected chi connectivity index (χ3v) is 4.22. The quantitative estimate of drug-likeness (QED) is 0.687. The first-order valence-electron chi connectivity index (χ1n) is 8.11. The summed E-state index contributed by atoms with van der Waals surface area (Å²) in [4.78, 5) is 16.9. The number of nitrogens with zero attached hydrogens (tertiary/aromatic N) is 1. The molecule has 0 aliphatic heterocycles. The lowest BCUT2D eigenvalue weighted by molar-refractivity contribution is 0.0977. The van der Waals surface area contributed by atoms with Crippen molar-refractivity contribution in [3.05, 3.63) is 65.4 Å². The second-order valence-corrected chi connectivity index (χ2v) is 6.33. The van der Waals surface area contributed by atoms with Crippen LogP contribution in [-0.2, 0) is 0 Å². The highest BCUT2D eigenvalue weighted by Crippen LogP contribution is 2.26. The smallest absolute Gasteiger partial charge is 0.257 e. The predicted octanol–water partition coefficient (Wildman–Crippen LogP) is 3.99. The summed E-state index contributed by atoms with van der Waals surface area (Å²) in [6.07, 6.45) is 0. The van der Waals surface area contributed by atoms with Crippen molar-refractivity contribution in [1.29, 1.82) is 0 Å². The van der Waals surface area contributed by atoms with Crippen LogP contribution in [0, 0.1) is 13.8 Å². The number of hydrogen-bond acceptors (Lipinski definition) is 4. The Kier molecular flexibility index (Phi) is 5.14. The number of aromatic nitrogens is 1. The molecule has 3 aromatic rings. The average molecular weight is 365 g/mol. The van der Waals surface area contributed by atoms with Gasteiger partial charge in [0.05, 0.1) is 18.3 Å². The Labute approximate surface area is 157 Å². The van der Waals surface area contributed by atoms with E-state index in [1.807, 2.05) is 38.1 Å². The minimum Gasteiger partial charge on any atom is -0.497 e. The summed E-state index contributed by atoms with van der Waals surface area (Å²) in [5.41, 5.74) is 4.15. The van der Waals surface area contributed by atoms with Crippen LogP contribution in [0.25, 0.3) is 10.9 Å². The molecule has 3 rings (SSSR count). The van der Waals surface area contributed by atoms with E-state index in [0.29, 0.717) is 11.3 Å². The average Bonchev–Trinajstić information content (AvgIpc) is 2.64. The van der Waals surface area contributed by atoms with Gasteiger partial charge in [-0.1, -0.05) is 12.1 Å². The molecule has 0 fully saturated rings. The molecule has 0 bridgehead atoms. The maximum absolute atomic E-state index is 12.4. The van der Waals surface area contributed by atoms with Crippen molar-refractivity contribution in [3.8, 4) is 5.75 Å². The minimum absolute atomic E-state index is 0.231. The molecule has 132 valence electrons. The molecule has 0 atom stereocenters. The fourth-order valence-corrected chi connectivity index (χ4v) is 2.86. The van der Waals surface area contributed by atoms with Crippen LogP contribution in [0.2, 0.25) is 0 Å². The Balaban J connectivity index is 1.81. The Morgan fingerprint density at radius 2 is 1.92 bits per heavy atom. The maximum atomic E-state index is 12.4. The summed E-state index contributed by atoms with van der Waals surface area (Å²) in [6.45, 7) is 3.93.